The maximum Gasteiger partial charge on any atom is 0.133 e. The summed E-state index contributed by atoms with van der Waals surface area (Å²) in [4.78, 5) is 3.35. The van der Waals surface area contributed by atoms with Gasteiger partial charge in [0.15, 0.2) is 0 Å². The monoisotopic (exact) mass is 332 g/mol. The van der Waals surface area contributed by atoms with Crippen molar-refractivity contribution >= 4 is 29.5 Å². The Bertz CT molecular complexity index is 725. The molecule has 1 aromatic rings. The summed E-state index contributed by atoms with van der Waals surface area (Å²) in [5.74, 6) is 1.68. The van der Waals surface area contributed by atoms with Crippen molar-refractivity contribution in [3.8, 4) is 0 Å². The topological polar surface area (TPSA) is 47.3 Å². The van der Waals surface area contributed by atoms with Crippen molar-refractivity contribution in [1.29, 1.82) is 0 Å². The molecule has 0 amide bonds. The van der Waals surface area contributed by atoms with Crippen LogP contribution in [-0.2, 0) is 4.74 Å². The number of hydrogen-bond acceptors (Lipinski definition) is 5. The summed E-state index contributed by atoms with van der Waals surface area (Å²) in [6.45, 7) is 4.05. The van der Waals surface area contributed by atoms with Crippen LogP contribution in [-0.4, -0.2) is 19.1 Å². The molecule has 2 unspecified atom stereocenters. The number of thiophene rings is 1. The highest BCUT2D eigenvalue weighted by Crippen LogP contribution is 2.38. The van der Waals surface area contributed by atoms with Gasteiger partial charge in [0.2, 0.25) is 0 Å². The van der Waals surface area contributed by atoms with Gasteiger partial charge in [0.05, 0.1) is 12.1 Å². The van der Waals surface area contributed by atoms with Gasteiger partial charge in [-0.05, 0) is 56.8 Å². The Kier molecular flexibility index (Phi) is 4.32. The lowest BCUT2D eigenvalue weighted by molar-refractivity contribution is 0.313. The molecule has 3 rings (SSSR count). The summed E-state index contributed by atoms with van der Waals surface area (Å²) in [5, 5.41) is 3.32. The third kappa shape index (κ3) is 2.70. The first-order valence-corrected chi connectivity index (χ1v) is 8.49. The smallest absolute Gasteiger partial charge is 0.133 e. The van der Waals surface area contributed by atoms with Crippen molar-refractivity contribution in [2.45, 2.75) is 25.9 Å². The lowest BCUT2D eigenvalue weighted by Gasteiger charge is -2.32. The fourth-order valence-corrected chi connectivity index (χ4v) is 4.10. The Hall–Kier alpha value is -1.27. The molecule has 2 atom stereocenters. The molecule has 2 aliphatic rings. The van der Waals surface area contributed by atoms with E-state index >= 15 is 0 Å². The van der Waals surface area contributed by atoms with Gasteiger partial charge in [-0.15, -0.1) is 24.0 Å². The molecular formula is C17H20N2OS2. The van der Waals surface area contributed by atoms with E-state index in [1.165, 1.54) is 9.75 Å². The summed E-state index contributed by atoms with van der Waals surface area (Å²) >= 11 is 6.38. The molecule has 22 heavy (non-hydrogen) atoms. The van der Waals surface area contributed by atoms with Crippen LogP contribution in [0.2, 0.25) is 0 Å². The maximum absolute atomic E-state index is 6.54. The quantitative estimate of drug-likeness (QED) is 0.728. The highest BCUT2D eigenvalue weighted by atomic mass is 32.1. The highest BCUT2D eigenvalue weighted by molar-refractivity contribution is 7.84. The van der Waals surface area contributed by atoms with Gasteiger partial charge in [0.1, 0.15) is 11.5 Å². The predicted molar refractivity (Wildman–Crippen MR) is 96.8 cm³/mol. The Morgan fingerprint density at radius 3 is 2.68 bits per heavy atom. The Morgan fingerprint density at radius 1 is 1.27 bits per heavy atom. The zero-order valence-electron chi connectivity index (χ0n) is 12.9. The molecule has 3 N–H and O–H groups in total. The molecule has 2 heterocycles. The van der Waals surface area contributed by atoms with Crippen molar-refractivity contribution in [2.24, 2.45) is 5.73 Å². The Balaban J connectivity index is 2.14. The van der Waals surface area contributed by atoms with E-state index < -0.39 is 0 Å². The molecule has 1 aliphatic carbocycles. The van der Waals surface area contributed by atoms with Crippen LogP contribution in [0.15, 0.2) is 52.4 Å². The predicted octanol–water partition coefficient (Wildman–Crippen LogP) is 3.37. The number of ether oxygens (including phenoxy) is 1. The average Bonchev–Trinajstić information content (AvgIpc) is 2.86. The number of thiol groups is 1. The van der Waals surface area contributed by atoms with E-state index in [-0.39, 0.29) is 12.1 Å². The zero-order valence-corrected chi connectivity index (χ0v) is 14.6. The van der Waals surface area contributed by atoms with Crippen LogP contribution in [0.3, 0.4) is 0 Å². The molecule has 116 valence electrons. The van der Waals surface area contributed by atoms with Gasteiger partial charge in [-0.2, -0.15) is 0 Å². The number of nitrogens with two attached hydrogens (primary N) is 1. The SMILES string of the molecule is CNC1C2=C(C=C(c3ccc(C)s3)C1N)OC(C)=CC=C2S. The van der Waals surface area contributed by atoms with Crippen LogP contribution < -0.4 is 11.1 Å². The normalized spacial score (nSPS) is 24.9. The van der Waals surface area contributed by atoms with Crippen molar-refractivity contribution in [3.63, 3.8) is 0 Å². The Labute approximate surface area is 140 Å². The van der Waals surface area contributed by atoms with E-state index in [4.69, 9.17) is 10.5 Å². The third-order valence-corrected chi connectivity index (χ3v) is 5.38. The number of aryl methyl sites for hydroxylation is 1. The number of nitrogens with one attached hydrogen (secondary N) is 1. The second-order valence-corrected chi connectivity index (χ2v) is 7.28. The molecule has 5 heteroatoms. The van der Waals surface area contributed by atoms with E-state index in [1.54, 1.807) is 11.3 Å². The molecule has 3 nitrogen and oxygen atoms in total. The second kappa shape index (κ2) is 6.08. The van der Waals surface area contributed by atoms with Crippen molar-refractivity contribution < 1.29 is 4.74 Å². The van der Waals surface area contributed by atoms with Crippen LogP contribution in [0.4, 0.5) is 0 Å². The lowest BCUT2D eigenvalue weighted by atomic mass is 9.86. The first kappa shape index (κ1) is 15.6. The first-order valence-electron chi connectivity index (χ1n) is 7.22. The van der Waals surface area contributed by atoms with Gasteiger partial charge in [-0.1, -0.05) is 0 Å². The number of likely N-dealkylation sites (N-methyl/N-ethyl adjacent to an activating group) is 1. The van der Waals surface area contributed by atoms with Crippen LogP contribution in [0.25, 0.3) is 5.57 Å². The average molecular weight is 332 g/mol. The molecule has 0 saturated carbocycles. The number of rotatable bonds is 2. The van der Waals surface area contributed by atoms with Crippen LogP contribution in [0, 0.1) is 6.92 Å². The molecule has 1 aromatic heterocycles. The number of allylic oxidation sites excluding steroid dienone is 4. The van der Waals surface area contributed by atoms with E-state index in [9.17, 15) is 0 Å². The fourth-order valence-electron chi connectivity index (χ4n) is 2.84. The van der Waals surface area contributed by atoms with Crippen molar-refractivity contribution in [3.05, 3.63) is 62.1 Å². The summed E-state index contributed by atoms with van der Waals surface area (Å²) in [7, 11) is 1.92. The third-order valence-electron chi connectivity index (χ3n) is 3.94. The van der Waals surface area contributed by atoms with Gasteiger partial charge in [0, 0.05) is 20.2 Å². The van der Waals surface area contributed by atoms with Gasteiger partial charge in [-0.25, -0.2) is 0 Å². The maximum atomic E-state index is 6.54. The molecule has 1 aliphatic heterocycles. The molecule has 0 saturated heterocycles. The molecule has 0 bridgehead atoms. The minimum absolute atomic E-state index is 0.0274. The zero-order chi connectivity index (χ0) is 15.9. The standard InChI is InChI=1S/C17H20N2OS2/c1-9-4-6-13(21)15-12(20-9)8-11(16(18)17(15)19-3)14-7-5-10(2)22-14/h4-8,16-17,19,21H,18H2,1-3H3. The molecule has 0 aromatic carbocycles. The van der Waals surface area contributed by atoms with Crippen LogP contribution in [0.5, 0.6) is 0 Å². The van der Waals surface area contributed by atoms with Crippen molar-refractivity contribution in [1.82, 2.24) is 5.32 Å². The van der Waals surface area contributed by atoms with E-state index in [2.05, 4.69) is 43.1 Å². The molecule has 0 spiro atoms. The molecular weight excluding hydrogens is 312 g/mol. The first-order chi connectivity index (χ1) is 10.5. The van der Waals surface area contributed by atoms with Gasteiger partial charge < -0.3 is 15.8 Å². The largest absolute Gasteiger partial charge is 0.462 e. The lowest BCUT2D eigenvalue weighted by Crippen LogP contribution is -2.47. The summed E-state index contributed by atoms with van der Waals surface area (Å²) < 4.78 is 6.00. The van der Waals surface area contributed by atoms with E-state index in [1.807, 2.05) is 26.1 Å². The highest BCUT2D eigenvalue weighted by Gasteiger charge is 2.34. The van der Waals surface area contributed by atoms with Gasteiger partial charge in [0.25, 0.3) is 0 Å². The molecule has 0 radical (unpaired) electrons. The summed E-state index contributed by atoms with van der Waals surface area (Å²) in [6.07, 6.45) is 5.96. The summed E-state index contributed by atoms with van der Waals surface area (Å²) in [6, 6.07) is 4.08. The van der Waals surface area contributed by atoms with E-state index in [0.29, 0.717) is 0 Å². The van der Waals surface area contributed by atoms with Gasteiger partial charge in [-0.3, -0.25) is 0 Å². The van der Waals surface area contributed by atoms with Gasteiger partial charge >= 0.3 is 0 Å². The van der Waals surface area contributed by atoms with Crippen molar-refractivity contribution in [2.75, 3.05) is 7.05 Å². The molecule has 0 fully saturated rings. The number of hydrogen-bond donors (Lipinski definition) is 3. The van der Waals surface area contributed by atoms with E-state index in [0.717, 1.165) is 27.6 Å². The van der Waals surface area contributed by atoms with Crippen LogP contribution >= 0.6 is 24.0 Å². The minimum atomic E-state index is -0.139. The minimum Gasteiger partial charge on any atom is -0.462 e. The van der Waals surface area contributed by atoms with Crippen LogP contribution in [0.1, 0.15) is 16.7 Å². The summed E-state index contributed by atoms with van der Waals surface area (Å²) in [5.41, 5.74) is 8.66. The fraction of sp³-hybridized carbons (Fsp3) is 0.294. The Morgan fingerprint density at radius 2 is 2.05 bits per heavy atom. The second-order valence-electron chi connectivity index (χ2n) is 5.51.